The second-order valence-corrected chi connectivity index (χ2v) is 4.35. The Bertz CT molecular complexity index is 396. The number of anilines is 1. The highest BCUT2D eigenvalue weighted by Gasteiger charge is 2.11. The van der Waals surface area contributed by atoms with Crippen LogP contribution in [0.5, 0.6) is 0 Å². The molecule has 0 aliphatic carbocycles. The minimum atomic E-state index is 0.602. The van der Waals surface area contributed by atoms with Crippen LogP contribution >= 0.6 is 0 Å². The summed E-state index contributed by atoms with van der Waals surface area (Å²) in [4.78, 5) is 17.3. The van der Waals surface area contributed by atoms with Crippen molar-refractivity contribution in [3.63, 3.8) is 0 Å². The van der Waals surface area contributed by atoms with Crippen LogP contribution in [0.15, 0.2) is 12.3 Å². The maximum Gasteiger partial charge on any atom is 0.151 e. The van der Waals surface area contributed by atoms with Crippen LogP contribution in [0.25, 0.3) is 0 Å². The molecule has 0 aliphatic rings. The average molecular weight is 266 g/mol. The number of ether oxygens (including phenoxy) is 2. The molecule has 5 nitrogen and oxygen atoms in total. The van der Waals surface area contributed by atoms with Gasteiger partial charge in [0.1, 0.15) is 5.82 Å². The maximum atomic E-state index is 10.7. The Kier molecular flexibility index (Phi) is 7.07. The summed E-state index contributed by atoms with van der Waals surface area (Å²) in [7, 11) is 3.38. The quantitative estimate of drug-likeness (QED) is 0.503. The lowest BCUT2D eigenvalue weighted by Gasteiger charge is -2.25. The van der Waals surface area contributed by atoms with Gasteiger partial charge in [0.15, 0.2) is 6.29 Å². The highest BCUT2D eigenvalue weighted by molar-refractivity contribution is 5.75. The van der Waals surface area contributed by atoms with Gasteiger partial charge in [-0.1, -0.05) is 0 Å². The monoisotopic (exact) mass is 266 g/mol. The Morgan fingerprint density at radius 1 is 1.26 bits per heavy atom. The number of carbonyl (C=O) groups excluding carboxylic acids is 1. The Labute approximate surface area is 114 Å². The zero-order valence-corrected chi connectivity index (χ0v) is 11.9. The van der Waals surface area contributed by atoms with Crippen LogP contribution in [0.2, 0.25) is 0 Å². The molecule has 5 heteroatoms. The Balaban J connectivity index is 2.79. The van der Waals surface area contributed by atoms with Crippen LogP contribution in [0.4, 0.5) is 5.82 Å². The molecule has 0 saturated heterocycles. The lowest BCUT2D eigenvalue weighted by atomic mass is 10.2. The first kappa shape index (κ1) is 15.6. The number of hydrogen-bond acceptors (Lipinski definition) is 5. The lowest BCUT2D eigenvalue weighted by Crippen LogP contribution is -2.30. The summed E-state index contributed by atoms with van der Waals surface area (Å²) < 4.78 is 10.2. The molecule has 0 N–H and O–H groups in total. The second-order valence-electron chi connectivity index (χ2n) is 4.35. The summed E-state index contributed by atoms with van der Waals surface area (Å²) in [6.45, 7) is 4.95. The first-order valence-corrected chi connectivity index (χ1v) is 6.37. The van der Waals surface area contributed by atoms with Crippen LogP contribution in [0.1, 0.15) is 22.3 Å². The van der Waals surface area contributed by atoms with Crippen molar-refractivity contribution in [2.75, 3.05) is 45.4 Å². The number of pyridine rings is 1. The molecule has 0 unspecified atom stereocenters. The van der Waals surface area contributed by atoms with Crippen molar-refractivity contribution in [1.29, 1.82) is 0 Å². The molecule has 0 aromatic carbocycles. The SMILES string of the molecule is COCCCN(CCOC)c1ncc(C=O)cc1C. The minimum Gasteiger partial charge on any atom is -0.385 e. The molecular weight excluding hydrogens is 244 g/mol. The van der Waals surface area contributed by atoms with Crippen molar-refractivity contribution in [3.05, 3.63) is 23.4 Å². The van der Waals surface area contributed by atoms with Gasteiger partial charge in [0.25, 0.3) is 0 Å². The molecule has 0 aliphatic heterocycles. The van der Waals surface area contributed by atoms with Crippen LogP contribution < -0.4 is 4.90 Å². The molecule has 1 aromatic heterocycles. The van der Waals surface area contributed by atoms with Gasteiger partial charge in [-0.05, 0) is 25.0 Å². The lowest BCUT2D eigenvalue weighted by molar-refractivity contribution is 0.112. The third-order valence-electron chi connectivity index (χ3n) is 2.85. The van der Waals surface area contributed by atoms with Crippen molar-refractivity contribution in [2.45, 2.75) is 13.3 Å². The molecule has 19 heavy (non-hydrogen) atoms. The van der Waals surface area contributed by atoms with Gasteiger partial charge >= 0.3 is 0 Å². The van der Waals surface area contributed by atoms with Gasteiger partial charge in [-0.25, -0.2) is 4.98 Å². The van der Waals surface area contributed by atoms with E-state index in [-0.39, 0.29) is 0 Å². The number of aryl methyl sites for hydroxylation is 1. The van der Waals surface area contributed by atoms with Gasteiger partial charge in [-0.2, -0.15) is 0 Å². The molecular formula is C14H22N2O3. The predicted octanol–water partition coefficient (Wildman–Crippen LogP) is 1.69. The smallest absolute Gasteiger partial charge is 0.151 e. The molecule has 0 atom stereocenters. The van der Waals surface area contributed by atoms with E-state index < -0.39 is 0 Å². The molecule has 0 saturated carbocycles. The summed E-state index contributed by atoms with van der Waals surface area (Å²) in [6, 6.07) is 1.85. The summed E-state index contributed by atoms with van der Waals surface area (Å²) in [6.07, 6.45) is 3.34. The van der Waals surface area contributed by atoms with Crippen LogP contribution in [0.3, 0.4) is 0 Å². The third-order valence-corrected chi connectivity index (χ3v) is 2.85. The highest BCUT2D eigenvalue weighted by atomic mass is 16.5. The zero-order valence-electron chi connectivity index (χ0n) is 11.9. The van der Waals surface area contributed by atoms with Gasteiger partial charge in [-0.3, -0.25) is 4.79 Å². The van der Waals surface area contributed by atoms with E-state index in [1.807, 2.05) is 13.0 Å². The van der Waals surface area contributed by atoms with Gasteiger partial charge in [0.05, 0.1) is 6.61 Å². The van der Waals surface area contributed by atoms with Crippen LogP contribution in [-0.4, -0.2) is 51.8 Å². The van der Waals surface area contributed by atoms with Crippen molar-refractivity contribution >= 4 is 12.1 Å². The molecule has 1 aromatic rings. The van der Waals surface area contributed by atoms with E-state index in [1.54, 1.807) is 20.4 Å². The molecule has 1 rings (SSSR count). The minimum absolute atomic E-state index is 0.602. The van der Waals surface area contributed by atoms with Crippen molar-refractivity contribution in [2.24, 2.45) is 0 Å². The van der Waals surface area contributed by atoms with E-state index in [0.29, 0.717) is 12.2 Å². The summed E-state index contributed by atoms with van der Waals surface area (Å²) in [5, 5.41) is 0. The zero-order chi connectivity index (χ0) is 14.1. The standard InChI is InChI=1S/C14H22N2O3/c1-12-9-13(11-17)10-15-14(12)16(6-8-19-3)5-4-7-18-2/h9-11H,4-8H2,1-3H3. The van der Waals surface area contributed by atoms with E-state index in [2.05, 4.69) is 9.88 Å². The van der Waals surface area contributed by atoms with Crippen molar-refractivity contribution < 1.29 is 14.3 Å². The van der Waals surface area contributed by atoms with E-state index in [4.69, 9.17) is 9.47 Å². The fraction of sp³-hybridized carbons (Fsp3) is 0.571. The van der Waals surface area contributed by atoms with Crippen molar-refractivity contribution in [3.8, 4) is 0 Å². The molecule has 1 heterocycles. The largest absolute Gasteiger partial charge is 0.385 e. The predicted molar refractivity (Wildman–Crippen MR) is 74.9 cm³/mol. The van der Waals surface area contributed by atoms with E-state index >= 15 is 0 Å². The number of nitrogens with zero attached hydrogens (tertiary/aromatic N) is 2. The molecule has 0 amide bonds. The number of rotatable bonds is 9. The maximum absolute atomic E-state index is 10.7. The molecule has 0 spiro atoms. The first-order chi connectivity index (χ1) is 9.22. The summed E-state index contributed by atoms with van der Waals surface area (Å²) in [5.74, 6) is 0.902. The van der Waals surface area contributed by atoms with E-state index in [0.717, 1.165) is 43.8 Å². The number of aldehydes is 1. The Morgan fingerprint density at radius 2 is 2.00 bits per heavy atom. The fourth-order valence-electron chi connectivity index (χ4n) is 1.91. The topological polar surface area (TPSA) is 51.7 Å². The number of aromatic nitrogens is 1. The highest BCUT2D eigenvalue weighted by Crippen LogP contribution is 2.17. The van der Waals surface area contributed by atoms with Crippen LogP contribution in [0, 0.1) is 6.92 Å². The number of carbonyl (C=O) groups is 1. The third kappa shape index (κ3) is 4.96. The molecule has 0 radical (unpaired) electrons. The number of methoxy groups -OCH3 is 2. The van der Waals surface area contributed by atoms with Crippen LogP contribution in [-0.2, 0) is 9.47 Å². The average Bonchev–Trinajstić information content (AvgIpc) is 2.43. The van der Waals surface area contributed by atoms with Gasteiger partial charge in [0, 0.05) is 45.7 Å². The Hall–Kier alpha value is -1.46. The van der Waals surface area contributed by atoms with Crippen molar-refractivity contribution in [1.82, 2.24) is 4.98 Å². The molecule has 0 fully saturated rings. The summed E-state index contributed by atoms with van der Waals surface area (Å²) >= 11 is 0. The van der Waals surface area contributed by atoms with E-state index in [1.165, 1.54) is 0 Å². The van der Waals surface area contributed by atoms with Gasteiger partial charge in [0.2, 0.25) is 0 Å². The molecule has 106 valence electrons. The van der Waals surface area contributed by atoms with Gasteiger partial charge < -0.3 is 14.4 Å². The normalized spacial score (nSPS) is 10.5. The van der Waals surface area contributed by atoms with Gasteiger partial charge in [-0.15, -0.1) is 0 Å². The molecule has 0 bridgehead atoms. The fourth-order valence-corrected chi connectivity index (χ4v) is 1.91. The Morgan fingerprint density at radius 3 is 2.58 bits per heavy atom. The van der Waals surface area contributed by atoms with E-state index in [9.17, 15) is 4.79 Å². The summed E-state index contributed by atoms with van der Waals surface area (Å²) in [5.41, 5.74) is 1.60. The number of hydrogen-bond donors (Lipinski definition) is 0. The second kappa shape index (κ2) is 8.61. The first-order valence-electron chi connectivity index (χ1n) is 6.37.